The molecule has 24 heavy (non-hydrogen) atoms. The zero-order chi connectivity index (χ0) is 16.7. The number of anilines is 1. The molecule has 0 fully saturated rings. The second-order valence-corrected chi connectivity index (χ2v) is 6.71. The number of aromatic nitrogens is 2. The average Bonchev–Trinajstić information content (AvgIpc) is 3.18. The predicted molar refractivity (Wildman–Crippen MR) is 101 cm³/mol. The van der Waals surface area contributed by atoms with E-state index in [2.05, 4.69) is 30.4 Å². The van der Waals surface area contributed by atoms with Crippen molar-refractivity contribution in [3.63, 3.8) is 0 Å². The second-order valence-electron chi connectivity index (χ2n) is 5.87. The molecule has 0 atom stereocenters. The van der Waals surface area contributed by atoms with Gasteiger partial charge in [-0.05, 0) is 42.7 Å². The lowest BCUT2D eigenvalue weighted by molar-refractivity contribution is 0.866. The third kappa shape index (κ3) is 2.48. The zero-order valence-corrected chi connectivity index (χ0v) is 14.8. The van der Waals surface area contributed by atoms with Gasteiger partial charge >= 0.3 is 0 Å². The summed E-state index contributed by atoms with van der Waals surface area (Å²) < 4.78 is 2.02. The number of para-hydroxylation sites is 1. The molecule has 0 bridgehead atoms. The minimum absolute atomic E-state index is 0.630. The van der Waals surface area contributed by atoms with Crippen LogP contribution in [0.5, 0.6) is 0 Å². The number of nitrogens with zero attached hydrogens (tertiary/aromatic N) is 2. The minimum Gasteiger partial charge on any atom is -0.369 e. The average molecular weight is 358 g/mol. The summed E-state index contributed by atoms with van der Waals surface area (Å²) >= 11 is 12.5. The molecular weight excluding hydrogens is 341 g/mol. The van der Waals surface area contributed by atoms with Crippen LogP contribution in [0.25, 0.3) is 16.9 Å². The van der Waals surface area contributed by atoms with Gasteiger partial charge in [-0.2, -0.15) is 5.10 Å². The van der Waals surface area contributed by atoms with Crippen molar-refractivity contribution < 1.29 is 0 Å². The van der Waals surface area contributed by atoms with Crippen LogP contribution in [0.15, 0.2) is 42.5 Å². The third-order valence-corrected chi connectivity index (χ3v) is 4.99. The molecule has 122 valence electrons. The molecule has 1 aliphatic heterocycles. The normalized spacial score (nSPS) is 13.0. The molecule has 4 rings (SSSR count). The topological polar surface area (TPSA) is 29.9 Å². The first-order valence-electron chi connectivity index (χ1n) is 8.08. The van der Waals surface area contributed by atoms with Crippen LogP contribution in [0.4, 0.5) is 5.82 Å². The number of benzene rings is 2. The van der Waals surface area contributed by atoms with Gasteiger partial charge in [-0.25, -0.2) is 4.68 Å². The van der Waals surface area contributed by atoms with Gasteiger partial charge in [0.25, 0.3) is 0 Å². The molecule has 2 heterocycles. The van der Waals surface area contributed by atoms with E-state index in [0.29, 0.717) is 10.0 Å². The lowest BCUT2D eigenvalue weighted by Crippen LogP contribution is -2.06. The van der Waals surface area contributed by atoms with Crippen LogP contribution in [0.3, 0.4) is 0 Å². The van der Waals surface area contributed by atoms with Crippen molar-refractivity contribution in [3.8, 4) is 16.9 Å². The Bertz CT molecular complexity index is 915. The van der Waals surface area contributed by atoms with Crippen LogP contribution in [0.2, 0.25) is 10.0 Å². The van der Waals surface area contributed by atoms with Crippen LogP contribution >= 0.6 is 23.2 Å². The van der Waals surface area contributed by atoms with Crippen molar-refractivity contribution in [3.05, 3.63) is 63.6 Å². The summed E-state index contributed by atoms with van der Waals surface area (Å²) in [4.78, 5) is 0. The van der Waals surface area contributed by atoms with Crippen LogP contribution in [-0.4, -0.2) is 16.3 Å². The number of nitrogens with one attached hydrogen (secondary N) is 1. The Morgan fingerprint density at radius 2 is 2.00 bits per heavy atom. The Kier molecular flexibility index (Phi) is 3.99. The summed E-state index contributed by atoms with van der Waals surface area (Å²) in [5, 5.41) is 9.63. The lowest BCUT2D eigenvalue weighted by Gasteiger charge is -2.10. The van der Waals surface area contributed by atoms with Crippen molar-refractivity contribution in [1.29, 1.82) is 0 Å². The summed E-state index contributed by atoms with van der Waals surface area (Å²) in [6, 6.07) is 13.9. The Hall–Kier alpha value is -1.97. The van der Waals surface area contributed by atoms with E-state index >= 15 is 0 Å². The summed E-state index contributed by atoms with van der Waals surface area (Å²) in [7, 11) is 0. The number of halogens is 2. The maximum absolute atomic E-state index is 6.43. The molecule has 0 saturated carbocycles. The van der Waals surface area contributed by atoms with Crippen molar-refractivity contribution in [2.24, 2.45) is 0 Å². The van der Waals surface area contributed by atoms with Crippen molar-refractivity contribution in [2.75, 3.05) is 11.9 Å². The molecule has 2 aromatic carbocycles. The SMILES string of the molecule is CCc1ccccc1-n1nc(-c2ccc(Cl)cc2Cl)c2c1NCC2. The largest absolute Gasteiger partial charge is 0.369 e. The molecule has 0 amide bonds. The van der Waals surface area contributed by atoms with Crippen LogP contribution < -0.4 is 5.32 Å². The second kappa shape index (κ2) is 6.15. The van der Waals surface area contributed by atoms with E-state index in [1.54, 1.807) is 6.07 Å². The van der Waals surface area contributed by atoms with E-state index < -0.39 is 0 Å². The smallest absolute Gasteiger partial charge is 0.133 e. The maximum atomic E-state index is 6.43. The number of hydrogen-bond donors (Lipinski definition) is 1. The molecular formula is C19H17Cl2N3. The number of hydrogen-bond acceptors (Lipinski definition) is 2. The first-order chi connectivity index (χ1) is 11.7. The van der Waals surface area contributed by atoms with Gasteiger partial charge in [-0.3, -0.25) is 0 Å². The minimum atomic E-state index is 0.630. The van der Waals surface area contributed by atoms with Gasteiger partial charge in [0.05, 0.1) is 16.4 Å². The van der Waals surface area contributed by atoms with Crippen molar-refractivity contribution >= 4 is 29.0 Å². The van der Waals surface area contributed by atoms with E-state index in [1.165, 1.54) is 11.1 Å². The summed E-state index contributed by atoms with van der Waals surface area (Å²) in [5.41, 5.74) is 5.45. The van der Waals surface area contributed by atoms with Crippen LogP contribution in [0, 0.1) is 0 Å². The third-order valence-electron chi connectivity index (χ3n) is 4.44. The molecule has 1 aromatic heterocycles. The first kappa shape index (κ1) is 15.6. The van der Waals surface area contributed by atoms with E-state index in [9.17, 15) is 0 Å². The molecule has 1 aliphatic rings. The molecule has 3 aromatic rings. The number of rotatable bonds is 3. The van der Waals surface area contributed by atoms with Crippen molar-refractivity contribution in [1.82, 2.24) is 9.78 Å². The van der Waals surface area contributed by atoms with Gasteiger partial charge in [0, 0.05) is 22.7 Å². The van der Waals surface area contributed by atoms with Gasteiger partial charge in [0.1, 0.15) is 5.82 Å². The lowest BCUT2D eigenvalue weighted by atomic mass is 10.1. The Labute approximate surface area is 151 Å². The van der Waals surface area contributed by atoms with Gasteiger partial charge in [-0.1, -0.05) is 48.3 Å². The molecule has 0 unspecified atom stereocenters. The molecule has 1 N–H and O–H groups in total. The highest BCUT2D eigenvalue weighted by molar-refractivity contribution is 6.36. The fourth-order valence-corrected chi connectivity index (χ4v) is 3.76. The highest BCUT2D eigenvalue weighted by Gasteiger charge is 2.25. The zero-order valence-electron chi connectivity index (χ0n) is 13.3. The fraction of sp³-hybridized carbons (Fsp3) is 0.211. The van der Waals surface area contributed by atoms with Crippen molar-refractivity contribution in [2.45, 2.75) is 19.8 Å². The summed E-state index contributed by atoms with van der Waals surface area (Å²) in [6.07, 6.45) is 1.90. The molecule has 5 heteroatoms. The van der Waals surface area contributed by atoms with Gasteiger partial charge in [-0.15, -0.1) is 0 Å². The summed E-state index contributed by atoms with van der Waals surface area (Å²) in [5.74, 6) is 1.07. The van der Waals surface area contributed by atoms with E-state index in [0.717, 1.165) is 42.1 Å². The fourth-order valence-electron chi connectivity index (χ4n) is 3.26. The first-order valence-corrected chi connectivity index (χ1v) is 8.84. The molecule has 3 nitrogen and oxygen atoms in total. The Morgan fingerprint density at radius 1 is 1.17 bits per heavy atom. The summed E-state index contributed by atoms with van der Waals surface area (Å²) in [6.45, 7) is 3.08. The van der Waals surface area contributed by atoms with Gasteiger partial charge in [0.15, 0.2) is 0 Å². The van der Waals surface area contributed by atoms with Crippen LogP contribution in [0.1, 0.15) is 18.1 Å². The molecule has 0 aliphatic carbocycles. The monoisotopic (exact) mass is 357 g/mol. The number of aryl methyl sites for hydroxylation is 1. The Morgan fingerprint density at radius 3 is 2.79 bits per heavy atom. The van der Waals surface area contributed by atoms with E-state index in [1.807, 2.05) is 22.9 Å². The highest BCUT2D eigenvalue weighted by atomic mass is 35.5. The maximum Gasteiger partial charge on any atom is 0.133 e. The standard InChI is InChI=1S/C19H17Cl2N3/c1-2-12-5-3-4-6-17(12)24-19-15(9-10-22-19)18(23-24)14-8-7-13(20)11-16(14)21/h3-8,11,22H,2,9-10H2,1H3. The predicted octanol–water partition coefficient (Wildman–Crippen LogP) is 5.38. The Balaban J connectivity index is 1.93. The quantitative estimate of drug-likeness (QED) is 0.682. The molecule has 0 saturated heterocycles. The molecule has 0 spiro atoms. The van der Waals surface area contributed by atoms with E-state index in [-0.39, 0.29) is 0 Å². The van der Waals surface area contributed by atoms with Gasteiger partial charge in [0.2, 0.25) is 0 Å². The van der Waals surface area contributed by atoms with E-state index in [4.69, 9.17) is 28.3 Å². The number of fused-ring (bicyclic) bond motifs is 1. The molecule has 0 radical (unpaired) electrons. The van der Waals surface area contributed by atoms with Gasteiger partial charge < -0.3 is 5.32 Å². The van der Waals surface area contributed by atoms with Crippen LogP contribution in [-0.2, 0) is 12.8 Å². The highest BCUT2D eigenvalue weighted by Crippen LogP contribution is 2.38.